The van der Waals surface area contributed by atoms with E-state index in [1.807, 2.05) is 24.3 Å². The van der Waals surface area contributed by atoms with Crippen LogP contribution < -0.4 is 0 Å². The number of aromatic hydroxyl groups is 1. The van der Waals surface area contributed by atoms with Gasteiger partial charge in [-0.2, -0.15) is 5.11 Å². The van der Waals surface area contributed by atoms with Gasteiger partial charge in [-0.25, -0.2) is 0 Å². The molecule has 1 heterocycles. The lowest BCUT2D eigenvalue weighted by Gasteiger charge is -2.01. The van der Waals surface area contributed by atoms with E-state index in [1.165, 1.54) is 0 Å². The molecule has 0 fully saturated rings. The molecule has 0 bridgehead atoms. The van der Waals surface area contributed by atoms with E-state index in [-0.39, 0.29) is 5.88 Å². The number of aromatic nitrogens is 1. The largest absolute Gasteiger partial charge is 0.493 e. The van der Waals surface area contributed by atoms with E-state index >= 15 is 0 Å². The summed E-state index contributed by atoms with van der Waals surface area (Å²) in [5.41, 5.74) is 1.83. The zero-order valence-corrected chi connectivity index (χ0v) is 13.6. The van der Waals surface area contributed by atoms with Gasteiger partial charge in [0, 0.05) is 11.9 Å². The number of hydrogen-bond acceptors (Lipinski definition) is 3. The second-order valence-electron chi connectivity index (χ2n) is 4.89. The van der Waals surface area contributed by atoms with Crippen molar-refractivity contribution in [2.45, 2.75) is 6.54 Å². The summed E-state index contributed by atoms with van der Waals surface area (Å²) in [5.74, 6) is 0.0508. The topological polar surface area (TPSA) is 49.9 Å². The highest BCUT2D eigenvalue weighted by atomic mass is 35.5. The molecule has 0 spiro atoms. The van der Waals surface area contributed by atoms with Crippen LogP contribution in [0.25, 0.3) is 10.9 Å². The maximum Gasteiger partial charge on any atom is 0.221 e. The van der Waals surface area contributed by atoms with Gasteiger partial charge >= 0.3 is 0 Å². The van der Waals surface area contributed by atoms with Crippen LogP contribution in [0, 0.1) is 0 Å². The number of para-hydroxylation sites is 1. The third-order valence-corrected chi connectivity index (χ3v) is 4.14. The minimum Gasteiger partial charge on any atom is -0.493 e. The number of nitrogens with zero attached hydrogens (tertiary/aromatic N) is 3. The Bertz CT molecular complexity index is 916. The molecule has 0 aliphatic heterocycles. The van der Waals surface area contributed by atoms with Gasteiger partial charge < -0.3 is 9.67 Å². The van der Waals surface area contributed by atoms with Crippen molar-refractivity contribution in [1.29, 1.82) is 0 Å². The van der Waals surface area contributed by atoms with Crippen LogP contribution in [-0.2, 0) is 6.54 Å². The molecular weight excluding hydrogens is 333 g/mol. The number of benzene rings is 2. The molecule has 6 heteroatoms. The first-order valence-electron chi connectivity index (χ1n) is 6.89. The maximum atomic E-state index is 10.4. The summed E-state index contributed by atoms with van der Waals surface area (Å²) in [7, 11) is 0. The summed E-state index contributed by atoms with van der Waals surface area (Å²) in [6.45, 7) is 4.19. The van der Waals surface area contributed by atoms with E-state index in [4.69, 9.17) is 23.2 Å². The van der Waals surface area contributed by atoms with Gasteiger partial charge in [0.2, 0.25) is 5.88 Å². The van der Waals surface area contributed by atoms with E-state index in [9.17, 15) is 5.11 Å². The maximum absolute atomic E-state index is 10.4. The predicted octanol–water partition coefficient (Wildman–Crippen LogP) is 6.26. The highest BCUT2D eigenvalue weighted by molar-refractivity contribution is 6.42. The van der Waals surface area contributed by atoms with Crippen LogP contribution in [-0.4, -0.2) is 9.67 Å². The third-order valence-electron chi connectivity index (χ3n) is 3.40. The molecule has 0 atom stereocenters. The molecule has 4 nitrogen and oxygen atoms in total. The van der Waals surface area contributed by atoms with E-state index < -0.39 is 0 Å². The summed E-state index contributed by atoms with van der Waals surface area (Å²) < 4.78 is 1.73. The Morgan fingerprint density at radius 3 is 2.61 bits per heavy atom. The van der Waals surface area contributed by atoms with Crippen molar-refractivity contribution in [3.8, 4) is 5.88 Å². The third kappa shape index (κ3) is 2.96. The van der Waals surface area contributed by atoms with Crippen LogP contribution in [0.5, 0.6) is 5.88 Å². The van der Waals surface area contributed by atoms with Gasteiger partial charge in [0.15, 0.2) is 5.69 Å². The van der Waals surface area contributed by atoms with Crippen molar-refractivity contribution < 1.29 is 5.11 Å². The van der Waals surface area contributed by atoms with Crippen molar-refractivity contribution >= 4 is 45.5 Å². The molecule has 116 valence electrons. The smallest absolute Gasteiger partial charge is 0.221 e. The number of fused-ring (bicyclic) bond motifs is 1. The number of rotatable bonds is 4. The van der Waals surface area contributed by atoms with Crippen LogP contribution in [0.15, 0.2) is 65.3 Å². The molecule has 0 aliphatic rings. The SMILES string of the molecule is C=CCn1c(O)c(N=Nc2ccc(Cl)c(Cl)c2)c2ccccc21. The molecule has 3 rings (SSSR count). The van der Waals surface area contributed by atoms with Gasteiger partial charge in [-0.05, 0) is 24.3 Å². The molecule has 0 unspecified atom stereocenters. The Balaban J connectivity index is 2.09. The quantitative estimate of drug-likeness (QED) is 0.440. The Kier molecular flexibility index (Phi) is 4.37. The molecule has 3 aromatic rings. The summed E-state index contributed by atoms with van der Waals surface area (Å²) in [4.78, 5) is 0. The van der Waals surface area contributed by atoms with Gasteiger partial charge in [0.1, 0.15) is 0 Å². The fourth-order valence-electron chi connectivity index (χ4n) is 2.34. The van der Waals surface area contributed by atoms with Crippen molar-refractivity contribution in [2.75, 3.05) is 0 Å². The molecular formula is C17H13Cl2N3O. The Morgan fingerprint density at radius 1 is 1.09 bits per heavy atom. The average molecular weight is 346 g/mol. The minimum atomic E-state index is 0.0508. The zero-order valence-electron chi connectivity index (χ0n) is 12.1. The molecule has 2 aromatic carbocycles. The first kappa shape index (κ1) is 15.6. The fraction of sp³-hybridized carbons (Fsp3) is 0.0588. The standard InChI is InChI=1S/C17H13Cl2N3O/c1-2-9-22-15-6-4-3-5-12(15)16(17(22)23)21-20-11-7-8-13(18)14(19)10-11/h2-8,10,23H,1,9H2. The van der Waals surface area contributed by atoms with E-state index in [0.29, 0.717) is 28.0 Å². The predicted molar refractivity (Wildman–Crippen MR) is 94.4 cm³/mol. The van der Waals surface area contributed by atoms with Crippen molar-refractivity contribution in [3.63, 3.8) is 0 Å². The van der Waals surface area contributed by atoms with Crippen molar-refractivity contribution in [3.05, 3.63) is 65.2 Å². The van der Waals surface area contributed by atoms with Gasteiger partial charge in [0.05, 0.1) is 21.2 Å². The molecule has 0 aliphatic carbocycles. The van der Waals surface area contributed by atoms with Crippen LogP contribution in [0.4, 0.5) is 11.4 Å². The van der Waals surface area contributed by atoms with Crippen LogP contribution in [0.1, 0.15) is 0 Å². The Hall–Kier alpha value is -2.30. The molecule has 0 amide bonds. The van der Waals surface area contributed by atoms with E-state index in [0.717, 1.165) is 10.9 Å². The number of halogens is 2. The van der Waals surface area contributed by atoms with E-state index in [2.05, 4.69) is 16.8 Å². The molecule has 0 radical (unpaired) electrons. The molecule has 1 N–H and O–H groups in total. The van der Waals surface area contributed by atoms with Crippen LogP contribution in [0.3, 0.4) is 0 Å². The van der Waals surface area contributed by atoms with Crippen molar-refractivity contribution in [1.82, 2.24) is 4.57 Å². The second-order valence-corrected chi connectivity index (χ2v) is 5.70. The van der Waals surface area contributed by atoms with Crippen LogP contribution in [0.2, 0.25) is 10.0 Å². The first-order valence-corrected chi connectivity index (χ1v) is 7.65. The van der Waals surface area contributed by atoms with Crippen molar-refractivity contribution in [2.24, 2.45) is 10.2 Å². The molecule has 23 heavy (non-hydrogen) atoms. The second kappa shape index (κ2) is 6.44. The van der Waals surface area contributed by atoms with Gasteiger partial charge in [0.25, 0.3) is 0 Å². The Morgan fingerprint density at radius 2 is 1.87 bits per heavy atom. The summed E-state index contributed by atoms with van der Waals surface area (Å²) >= 11 is 11.9. The minimum absolute atomic E-state index is 0.0508. The normalized spacial score (nSPS) is 11.4. The van der Waals surface area contributed by atoms with E-state index in [1.54, 1.807) is 28.8 Å². The lowest BCUT2D eigenvalue weighted by molar-refractivity contribution is 0.431. The number of hydrogen-bond donors (Lipinski definition) is 1. The highest BCUT2D eigenvalue weighted by Crippen LogP contribution is 2.39. The molecule has 0 saturated carbocycles. The fourth-order valence-corrected chi connectivity index (χ4v) is 2.63. The summed E-state index contributed by atoms with van der Waals surface area (Å²) in [6, 6.07) is 12.6. The number of allylic oxidation sites excluding steroid dienone is 1. The van der Waals surface area contributed by atoms with Gasteiger partial charge in [-0.15, -0.1) is 11.7 Å². The first-order chi connectivity index (χ1) is 11.1. The lowest BCUT2D eigenvalue weighted by Crippen LogP contribution is -1.92. The molecule has 1 aromatic heterocycles. The highest BCUT2D eigenvalue weighted by Gasteiger charge is 2.15. The van der Waals surface area contributed by atoms with Gasteiger partial charge in [-0.1, -0.05) is 47.5 Å². The summed E-state index contributed by atoms with van der Waals surface area (Å²) in [6.07, 6.45) is 1.71. The lowest BCUT2D eigenvalue weighted by atomic mass is 10.2. The monoisotopic (exact) mass is 345 g/mol. The van der Waals surface area contributed by atoms with Crippen LogP contribution >= 0.6 is 23.2 Å². The number of azo groups is 1. The van der Waals surface area contributed by atoms with Gasteiger partial charge in [-0.3, -0.25) is 0 Å². The zero-order chi connectivity index (χ0) is 16.4. The molecule has 0 saturated heterocycles. The summed E-state index contributed by atoms with van der Waals surface area (Å²) in [5, 5.41) is 20.5. The average Bonchev–Trinajstić information content (AvgIpc) is 2.82. The Labute approximate surface area is 143 Å².